The third-order valence-corrected chi connectivity index (χ3v) is 26.8. The predicted octanol–water partition coefficient (Wildman–Crippen LogP) is 10.1. The molecule has 0 unspecified atom stereocenters. The van der Waals surface area contributed by atoms with Crippen molar-refractivity contribution in [3.8, 4) is 34.1 Å². The van der Waals surface area contributed by atoms with Crippen LogP contribution >= 0.6 is 15.8 Å². The van der Waals surface area contributed by atoms with Gasteiger partial charge in [-0.1, -0.05) is 165 Å². The normalized spacial score (nSPS) is 12.7. The first-order valence-corrected chi connectivity index (χ1v) is 32.4. The number of hydrogen-bond donors (Lipinski definition) is 0. The summed E-state index contributed by atoms with van der Waals surface area (Å²) in [6, 6.07) is 79.5. The van der Waals surface area contributed by atoms with Crippen molar-refractivity contribution >= 4 is 84.6 Å². The summed E-state index contributed by atoms with van der Waals surface area (Å²) in [5, 5.41) is 14.7. The molecule has 0 aliphatic carbocycles. The summed E-state index contributed by atoms with van der Waals surface area (Å²) in [7, 11) is -5.42. The maximum absolute atomic E-state index is 7.26. The first kappa shape index (κ1) is 52.7. The van der Waals surface area contributed by atoms with Crippen molar-refractivity contribution in [3.05, 3.63) is 253 Å². The Hall–Kier alpha value is -5.13. The molecule has 0 saturated carbocycles. The quantitative estimate of drug-likeness (QED) is 0.0674. The van der Waals surface area contributed by atoms with Crippen molar-refractivity contribution in [2.24, 2.45) is 0 Å². The van der Waals surface area contributed by atoms with Gasteiger partial charge in [-0.05, 0) is 123 Å². The van der Waals surface area contributed by atoms with Crippen molar-refractivity contribution < 1.29 is 44.8 Å². The van der Waals surface area contributed by atoms with Gasteiger partial charge in [-0.15, -0.1) is 35.4 Å². The maximum atomic E-state index is 7.26. The van der Waals surface area contributed by atoms with Gasteiger partial charge in [-0.2, -0.15) is 0 Å². The second-order valence-corrected chi connectivity index (χ2v) is 32.3. The fourth-order valence-electron chi connectivity index (χ4n) is 10.2. The molecular formula is C64H56Au2P2Si2+2. The maximum Gasteiger partial charge on any atom is 1.00 e. The first-order valence-electron chi connectivity index (χ1n) is 23.4. The van der Waals surface area contributed by atoms with E-state index in [2.05, 4.69) is 258 Å². The molecule has 0 aromatic heterocycles. The molecule has 350 valence electrons. The third-order valence-electron chi connectivity index (χ3n) is 13.9. The van der Waals surface area contributed by atoms with Gasteiger partial charge in [0.05, 0.1) is 0 Å². The van der Waals surface area contributed by atoms with Crippen LogP contribution in [0.15, 0.2) is 218 Å². The van der Waals surface area contributed by atoms with Crippen molar-refractivity contribution in [1.82, 2.24) is 0 Å². The molecule has 0 saturated heterocycles. The standard InChI is InChI=1S/C32H28P2.2C16H13Si.2Au/c1-25-23-31(33(27-15-7-3-8-16-27)28-17-9-4-10-18-28)32(24-26(25)2)34(29-19-11-5-12-20-29)30-21-13-6-14-22-30;1-4-12-9-10-16-14(11-12)13-7-5-6-8-15(13)17(16,2)3;1-4-12-9-10-14-13-7-5-6-8-15(13)17(2,3)16(14)11-12;;/h3-24H,1-2H3;2*5-11H,2-3H3;;/q;2*-1;2*+1/p+2. The van der Waals surface area contributed by atoms with Crippen LogP contribution in [-0.2, 0) is 44.8 Å². The van der Waals surface area contributed by atoms with Crippen LogP contribution in [0.3, 0.4) is 0 Å². The smallest absolute Gasteiger partial charge is 0.366 e. The molecule has 6 heteroatoms. The van der Waals surface area contributed by atoms with E-state index >= 15 is 0 Å². The molecule has 0 fully saturated rings. The molecule has 0 nitrogen and oxygen atoms in total. The monoisotopic (exact) mass is 1340 g/mol. The molecule has 2 aliphatic heterocycles. The number of aryl methyl sites for hydroxylation is 2. The van der Waals surface area contributed by atoms with E-state index in [9.17, 15) is 0 Å². The second kappa shape index (κ2) is 23.0. The van der Waals surface area contributed by atoms with Crippen LogP contribution in [0.5, 0.6) is 0 Å². The largest absolute Gasteiger partial charge is 1.00 e. The van der Waals surface area contributed by atoms with Gasteiger partial charge in [-0.25, -0.2) is 0 Å². The van der Waals surface area contributed by atoms with Crippen LogP contribution in [-0.4, -0.2) is 16.1 Å². The zero-order valence-electron chi connectivity index (χ0n) is 40.4. The van der Waals surface area contributed by atoms with E-state index in [4.69, 9.17) is 12.8 Å². The van der Waals surface area contributed by atoms with Gasteiger partial charge in [0.2, 0.25) is 0 Å². The van der Waals surface area contributed by atoms with E-state index in [-0.39, 0.29) is 44.8 Å². The number of fused-ring (bicyclic) bond motifs is 6. The zero-order chi connectivity index (χ0) is 47.4. The Morgan fingerprint density at radius 3 is 1.06 bits per heavy atom. The third kappa shape index (κ3) is 10.6. The minimum absolute atomic E-state index is 0. The van der Waals surface area contributed by atoms with Crippen molar-refractivity contribution in [3.63, 3.8) is 0 Å². The topological polar surface area (TPSA) is 0 Å². The van der Waals surface area contributed by atoms with Crippen molar-refractivity contribution in [2.45, 2.75) is 40.0 Å². The molecular weight excluding hydrogens is 1280 g/mol. The Morgan fingerprint density at radius 1 is 0.329 bits per heavy atom. The van der Waals surface area contributed by atoms with E-state index in [0.29, 0.717) is 0 Å². The van der Waals surface area contributed by atoms with E-state index in [1.54, 1.807) is 0 Å². The molecule has 0 radical (unpaired) electrons. The van der Waals surface area contributed by atoms with E-state index in [1.165, 1.54) is 86.0 Å². The fourth-order valence-corrected chi connectivity index (χ4v) is 22.5. The van der Waals surface area contributed by atoms with E-state index < -0.39 is 32.0 Å². The van der Waals surface area contributed by atoms with Crippen LogP contribution in [0.4, 0.5) is 0 Å². The van der Waals surface area contributed by atoms with Gasteiger partial charge >= 0.3 is 44.8 Å². The molecule has 0 amide bonds. The Kier molecular flexibility index (Phi) is 17.3. The minimum Gasteiger partial charge on any atom is -0.366 e. The average molecular weight is 1340 g/mol. The van der Waals surface area contributed by atoms with Gasteiger partial charge in [-0.3, -0.25) is 11.8 Å². The van der Waals surface area contributed by atoms with Gasteiger partial charge in [0, 0.05) is 0 Å². The molecule has 2 heterocycles. The molecule has 9 aromatic rings. The van der Waals surface area contributed by atoms with Crippen LogP contribution in [0.2, 0.25) is 26.2 Å². The van der Waals surface area contributed by atoms with Crippen molar-refractivity contribution in [2.75, 3.05) is 0 Å². The Bertz CT molecular complexity index is 3150. The van der Waals surface area contributed by atoms with Crippen LogP contribution in [0.25, 0.3) is 22.3 Å². The van der Waals surface area contributed by atoms with Gasteiger partial charge in [0.15, 0.2) is 0 Å². The minimum atomic E-state index is -1.55. The van der Waals surface area contributed by atoms with Gasteiger partial charge in [0.25, 0.3) is 0 Å². The Morgan fingerprint density at radius 2 is 0.643 bits per heavy atom. The summed E-state index contributed by atoms with van der Waals surface area (Å²) in [6.07, 6.45) is 14.5. The zero-order valence-corrected chi connectivity index (χ0v) is 48.7. The number of rotatable bonds is 6. The molecule has 0 N–H and O–H groups in total. The van der Waals surface area contributed by atoms with E-state index in [0.717, 1.165) is 11.1 Å². The average Bonchev–Trinajstić information content (AvgIpc) is 3.75. The predicted molar refractivity (Wildman–Crippen MR) is 306 cm³/mol. The first-order chi connectivity index (χ1) is 33.0. The summed E-state index contributed by atoms with van der Waals surface area (Å²) in [5.41, 5.74) is 9.91. The van der Waals surface area contributed by atoms with Gasteiger partial charge in [0.1, 0.15) is 63.8 Å². The Labute approximate surface area is 453 Å². The molecule has 70 heavy (non-hydrogen) atoms. The summed E-state index contributed by atoms with van der Waals surface area (Å²) >= 11 is 0. The van der Waals surface area contributed by atoms with Crippen LogP contribution in [0.1, 0.15) is 22.3 Å². The molecule has 9 aromatic carbocycles. The summed E-state index contributed by atoms with van der Waals surface area (Å²) in [5.74, 6) is 4.97. The molecule has 0 atom stereocenters. The number of hydrogen-bond acceptors (Lipinski definition) is 0. The van der Waals surface area contributed by atoms with Crippen LogP contribution < -0.4 is 52.6 Å². The fraction of sp³-hybridized carbons (Fsp3) is 0.0938. The summed E-state index contributed by atoms with van der Waals surface area (Å²) in [4.78, 5) is 0. The van der Waals surface area contributed by atoms with Gasteiger partial charge < -0.3 is 12.8 Å². The van der Waals surface area contributed by atoms with Crippen LogP contribution in [0, 0.1) is 38.5 Å². The SMILES string of the molecule is Cc1cc([PH+](c2ccccc2)c2ccccc2)c([PH+](c2ccccc2)c2ccccc2)cc1C.[Au+].[Au+].[C-]#Cc1ccc2c(c1)-c1ccccc1[Si]2(C)C.[C-]#Cc1ccc2c(c1)[Si](C)(C)c1ccccc1-2. The molecule has 0 spiro atoms. The molecule has 2 aliphatic rings. The van der Waals surface area contributed by atoms with Crippen molar-refractivity contribution in [1.29, 1.82) is 0 Å². The second-order valence-electron chi connectivity index (χ2n) is 18.8. The summed E-state index contributed by atoms with van der Waals surface area (Å²) < 4.78 is 0. The summed E-state index contributed by atoms with van der Waals surface area (Å²) in [6.45, 7) is 14.1. The van der Waals surface area contributed by atoms with E-state index in [1.807, 2.05) is 12.1 Å². The Balaban J connectivity index is 0.000000168. The number of benzene rings is 9. The molecule has 11 rings (SSSR count). The molecule has 0 bridgehead atoms.